The highest BCUT2D eigenvalue weighted by Gasteiger charge is 1.88. The van der Waals surface area contributed by atoms with Gasteiger partial charge in [0.2, 0.25) is 0 Å². The van der Waals surface area contributed by atoms with Gasteiger partial charge in [0, 0.05) is 16.4 Å². The van der Waals surface area contributed by atoms with Crippen LogP contribution in [0.2, 0.25) is 0 Å². The molecule has 0 spiro atoms. The van der Waals surface area contributed by atoms with Gasteiger partial charge in [0.1, 0.15) is 5.83 Å². The van der Waals surface area contributed by atoms with Crippen molar-refractivity contribution in [3.63, 3.8) is 0 Å². The van der Waals surface area contributed by atoms with Gasteiger partial charge >= 0.3 is 0 Å². The molecular weight excluding hydrogens is 257 g/mol. The molecule has 1 nitrogen and oxygen atoms in total. The van der Waals surface area contributed by atoms with Crippen molar-refractivity contribution in [3.8, 4) is 0 Å². The number of nitrogens with one attached hydrogen (secondary N) is 1. The minimum atomic E-state index is -0.359. The molecule has 0 unspecified atom stereocenters. The third kappa shape index (κ3) is 4.61. The molecule has 0 saturated heterocycles. The number of anilines is 1. The van der Waals surface area contributed by atoms with E-state index >= 15 is 0 Å². The molecule has 0 radical (unpaired) electrons. The Labute approximate surface area is 97.1 Å². The van der Waals surface area contributed by atoms with Crippen LogP contribution in [0.25, 0.3) is 0 Å². The third-order valence-corrected chi connectivity index (χ3v) is 2.11. The van der Waals surface area contributed by atoms with Crippen molar-refractivity contribution in [1.82, 2.24) is 0 Å². The van der Waals surface area contributed by atoms with E-state index in [4.69, 9.17) is 0 Å². The minimum absolute atomic E-state index is 0.359. The molecule has 1 N–H and O–H groups in total. The predicted molar refractivity (Wildman–Crippen MR) is 66.3 cm³/mol. The molecule has 0 aliphatic rings. The van der Waals surface area contributed by atoms with Crippen molar-refractivity contribution in [3.05, 3.63) is 65.6 Å². The molecule has 0 aliphatic heterocycles. The Morgan fingerprint density at radius 3 is 2.93 bits per heavy atom. The summed E-state index contributed by atoms with van der Waals surface area (Å²) in [5.41, 5.74) is 0.938. The highest BCUT2D eigenvalue weighted by Crippen LogP contribution is 2.15. The number of allylic oxidation sites excluding steroid dienone is 4. The van der Waals surface area contributed by atoms with Gasteiger partial charge in [-0.2, -0.15) is 0 Å². The summed E-state index contributed by atoms with van der Waals surface area (Å²) in [4.78, 5) is 0. The summed E-state index contributed by atoms with van der Waals surface area (Å²) in [5, 5.41) is 3.01. The van der Waals surface area contributed by atoms with Gasteiger partial charge in [-0.15, -0.1) is 0 Å². The standard InChI is InChI=1S/C12H11BrFN/c1-2-11(14)6-4-8-15-12-7-3-5-10(13)9-12/h2-9,15H,1H2/b8-4+,11-6+. The lowest BCUT2D eigenvalue weighted by Crippen LogP contribution is -1.85. The Hall–Kier alpha value is -1.35. The lowest BCUT2D eigenvalue weighted by atomic mass is 10.3. The van der Waals surface area contributed by atoms with E-state index in [1.807, 2.05) is 24.3 Å². The molecule has 1 rings (SSSR count). The Bertz CT molecular complexity index is 396. The van der Waals surface area contributed by atoms with E-state index < -0.39 is 0 Å². The van der Waals surface area contributed by atoms with Crippen LogP contribution >= 0.6 is 15.9 Å². The van der Waals surface area contributed by atoms with Crippen LogP contribution in [0.5, 0.6) is 0 Å². The first-order chi connectivity index (χ1) is 7.22. The van der Waals surface area contributed by atoms with Crippen LogP contribution < -0.4 is 5.32 Å². The van der Waals surface area contributed by atoms with Gasteiger partial charge in [0.05, 0.1) is 0 Å². The summed E-state index contributed by atoms with van der Waals surface area (Å²) < 4.78 is 13.6. The molecule has 0 aromatic heterocycles. The van der Waals surface area contributed by atoms with Gasteiger partial charge < -0.3 is 5.32 Å². The molecule has 0 fully saturated rings. The zero-order valence-corrected chi connectivity index (χ0v) is 9.67. The van der Waals surface area contributed by atoms with Crippen LogP contribution in [0.4, 0.5) is 10.1 Å². The Kier molecular flexibility index (Phi) is 4.84. The second-order valence-corrected chi connectivity index (χ2v) is 3.69. The number of halogens is 2. The fraction of sp³-hybridized carbons (Fsp3) is 0. The minimum Gasteiger partial charge on any atom is -0.362 e. The summed E-state index contributed by atoms with van der Waals surface area (Å²) in [5.74, 6) is -0.359. The van der Waals surface area contributed by atoms with Crippen LogP contribution in [0.1, 0.15) is 0 Å². The average molecular weight is 268 g/mol. The van der Waals surface area contributed by atoms with Crippen LogP contribution in [0.15, 0.2) is 65.6 Å². The molecule has 1 aromatic carbocycles. The number of benzene rings is 1. The molecule has 15 heavy (non-hydrogen) atoms. The summed E-state index contributed by atoms with van der Waals surface area (Å²) in [6, 6.07) is 7.70. The van der Waals surface area contributed by atoms with Crippen molar-refractivity contribution < 1.29 is 4.39 Å². The van der Waals surface area contributed by atoms with Crippen molar-refractivity contribution in [2.45, 2.75) is 0 Å². The molecule has 0 heterocycles. The van der Waals surface area contributed by atoms with Gasteiger partial charge in [-0.25, -0.2) is 4.39 Å². The maximum Gasteiger partial charge on any atom is 0.122 e. The van der Waals surface area contributed by atoms with E-state index in [1.54, 1.807) is 12.3 Å². The number of hydrogen-bond donors (Lipinski definition) is 1. The van der Waals surface area contributed by atoms with E-state index in [0.29, 0.717) is 0 Å². The summed E-state index contributed by atoms with van der Waals surface area (Å²) >= 11 is 3.36. The fourth-order valence-corrected chi connectivity index (χ4v) is 1.33. The Morgan fingerprint density at radius 1 is 1.47 bits per heavy atom. The normalized spacial score (nSPS) is 11.7. The first-order valence-electron chi connectivity index (χ1n) is 4.39. The maximum absolute atomic E-state index is 12.6. The lowest BCUT2D eigenvalue weighted by molar-refractivity contribution is 0.668. The first kappa shape index (κ1) is 11.7. The fourth-order valence-electron chi connectivity index (χ4n) is 0.931. The van der Waals surface area contributed by atoms with E-state index in [0.717, 1.165) is 16.2 Å². The van der Waals surface area contributed by atoms with Crippen LogP contribution in [0.3, 0.4) is 0 Å². The van der Waals surface area contributed by atoms with Crippen molar-refractivity contribution in [1.29, 1.82) is 0 Å². The Balaban J connectivity index is 2.54. The molecule has 0 aliphatic carbocycles. The van der Waals surface area contributed by atoms with Crippen molar-refractivity contribution in [2.75, 3.05) is 5.32 Å². The maximum atomic E-state index is 12.6. The van der Waals surface area contributed by atoms with Crippen molar-refractivity contribution >= 4 is 21.6 Å². The van der Waals surface area contributed by atoms with Gasteiger partial charge in [-0.1, -0.05) is 28.6 Å². The summed E-state index contributed by atoms with van der Waals surface area (Å²) in [6.07, 6.45) is 5.73. The van der Waals surface area contributed by atoms with Gasteiger partial charge in [-0.05, 0) is 36.4 Å². The largest absolute Gasteiger partial charge is 0.362 e. The van der Waals surface area contributed by atoms with Crippen molar-refractivity contribution in [2.24, 2.45) is 0 Å². The summed E-state index contributed by atoms with van der Waals surface area (Å²) in [6.45, 7) is 3.31. The third-order valence-electron chi connectivity index (χ3n) is 1.62. The van der Waals surface area contributed by atoms with E-state index in [-0.39, 0.29) is 5.83 Å². The van der Waals surface area contributed by atoms with Gasteiger partial charge in [-0.3, -0.25) is 0 Å². The van der Waals surface area contributed by atoms with Crippen LogP contribution in [0, 0.1) is 0 Å². The highest BCUT2D eigenvalue weighted by atomic mass is 79.9. The predicted octanol–water partition coefficient (Wildman–Crippen LogP) is 4.41. The monoisotopic (exact) mass is 267 g/mol. The number of hydrogen-bond acceptors (Lipinski definition) is 1. The number of rotatable bonds is 4. The smallest absolute Gasteiger partial charge is 0.122 e. The molecular formula is C12H11BrFN. The second-order valence-electron chi connectivity index (χ2n) is 2.77. The SMILES string of the molecule is C=C/C(F)=C\C=C\Nc1cccc(Br)c1. The summed E-state index contributed by atoms with van der Waals surface area (Å²) in [7, 11) is 0. The van der Waals surface area contributed by atoms with E-state index in [1.165, 1.54) is 6.08 Å². The zero-order valence-electron chi connectivity index (χ0n) is 8.08. The molecule has 0 saturated carbocycles. The van der Waals surface area contributed by atoms with E-state index in [9.17, 15) is 4.39 Å². The second kappa shape index (κ2) is 6.19. The lowest BCUT2D eigenvalue weighted by Gasteiger charge is -1.99. The Morgan fingerprint density at radius 2 is 2.27 bits per heavy atom. The van der Waals surface area contributed by atoms with Crippen LogP contribution in [-0.4, -0.2) is 0 Å². The first-order valence-corrected chi connectivity index (χ1v) is 5.18. The molecule has 3 heteroatoms. The van der Waals surface area contributed by atoms with Gasteiger partial charge in [0.15, 0.2) is 0 Å². The highest BCUT2D eigenvalue weighted by molar-refractivity contribution is 9.10. The molecule has 0 atom stereocenters. The quantitative estimate of drug-likeness (QED) is 0.797. The zero-order chi connectivity index (χ0) is 11.1. The molecule has 1 aromatic rings. The van der Waals surface area contributed by atoms with Crippen LogP contribution in [-0.2, 0) is 0 Å². The molecule has 0 bridgehead atoms. The van der Waals surface area contributed by atoms with E-state index in [2.05, 4.69) is 27.8 Å². The van der Waals surface area contributed by atoms with Gasteiger partial charge in [0.25, 0.3) is 0 Å². The molecule has 78 valence electrons. The average Bonchev–Trinajstić information content (AvgIpc) is 2.24. The topological polar surface area (TPSA) is 12.0 Å². The molecule has 0 amide bonds.